The fourth-order valence-corrected chi connectivity index (χ4v) is 1.95. The van der Waals surface area contributed by atoms with Crippen LogP contribution in [0.15, 0.2) is 6.33 Å². The monoisotopic (exact) mass is 251 g/mol. The van der Waals surface area contributed by atoms with E-state index in [9.17, 15) is 0 Å². The van der Waals surface area contributed by atoms with Gasteiger partial charge >= 0.3 is 0 Å². The Morgan fingerprint density at radius 1 is 1.17 bits per heavy atom. The smallest absolute Gasteiger partial charge is 0.148 e. The summed E-state index contributed by atoms with van der Waals surface area (Å²) in [5.74, 6) is 8.06. The van der Waals surface area contributed by atoms with Crippen molar-refractivity contribution in [3.8, 4) is 0 Å². The van der Waals surface area contributed by atoms with E-state index in [1.165, 1.54) is 0 Å². The first-order valence-corrected chi connectivity index (χ1v) is 6.44. The van der Waals surface area contributed by atoms with Gasteiger partial charge in [-0.25, -0.2) is 15.8 Å². The molecular formula is C13H25N5. The summed E-state index contributed by atoms with van der Waals surface area (Å²) in [6, 6.07) is 0.406. The van der Waals surface area contributed by atoms with E-state index in [2.05, 4.69) is 62.0 Å². The van der Waals surface area contributed by atoms with Gasteiger partial charge in [-0.3, -0.25) is 0 Å². The van der Waals surface area contributed by atoms with E-state index in [1.54, 1.807) is 6.33 Å². The molecule has 3 N–H and O–H groups in total. The van der Waals surface area contributed by atoms with Crippen LogP contribution in [0, 0.1) is 5.92 Å². The van der Waals surface area contributed by atoms with Crippen LogP contribution in [0.4, 0.5) is 11.6 Å². The van der Waals surface area contributed by atoms with Gasteiger partial charge in [0.15, 0.2) is 0 Å². The second-order valence-corrected chi connectivity index (χ2v) is 5.35. The second-order valence-electron chi connectivity index (χ2n) is 5.35. The van der Waals surface area contributed by atoms with Crippen molar-refractivity contribution in [1.29, 1.82) is 0 Å². The summed E-state index contributed by atoms with van der Waals surface area (Å²) >= 11 is 0. The number of rotatable bonds is 5. The predicted molar refractivity (Wildman–Crippen MR) is 76.6 cm³/mol. The van der Waals surface area contributed by atoms with Crippen LogP contribution in [0.3, 0.4) is 0 Å². The molecule has 5 heteroatoms. The summed E-state index contributed by atoms with van der Waals surface area (Å²) in [5, 5.41) is 0. The minimum atomic E-state index is 0.314. The molecule has 102 valence electrons. The molecule has 1 unspecified atom stereocenters. The van der Waals surface area contributed by atoms with Gasteiger partial charge in [-0.15, -0.1) is 0 Å². The summed E-state index contributed by atoms with van der Waals surface area (Å²) in [4.78, 5) is 10.8. The molecule has 0 spiro atoms. The molecule has 0 aliphatic carbocycles. The summed E-state index contributed by atoms with van der Waals surface area (Å²) in [5.41, 5.74) is 3.73. The normalized spacial score (nSPS) is 12.9. The molecule has 0 amide bonds. The molecule has 1 aromatic rings. The molecule has 18 heavy (non-hydrogen) atoms. The van der Waals surface area contributed by atoms with E-state index in [1.807, 2.05) is 0 Å². The molecule has 1 atom stereocenters. The van der Waals surface area contributed by atoms with Crippen molar-refractivity contribution in [2.45, 2.75) is 46.6 Å². The van der Waals surface area contributed by atoms with E-state index in [-0.39, 0.29) is 0 Å². The minimum Gasteiger partial charge on any atom is -0.356 e. The zero-order chi connectivity index (χ0) is 13.9. The van der Waals surface area contributed by atoms with E-state index >= 15 is 0 Å². The quantitative estimate of drug-likeness (QED) is 0.621. The molecule has 0 bridgehead atoms. The Labute approximate surface area is 110 Å². The number of aromatic nitrogens is 2. The van der Waals surface area contributed by atoms with Crippen molar-refractivity contribution in [3.05, 3.63) is 11.9 Å². The van der Waals surface area contributed by atoms with Gasteiger partial charge in [-0.1, -0.05) is 27.7 Å². The number of nitrogens with one attached hydrogen (secondary N) is 1. The molecule has 0 saturated heterocycles. The van der Waals surface area contributed by atoms with Gasteiger partial charge in [-0.05, 0) is 18.8 Å². The standard InChI is InChI=1S/C13H25N5/c1-8(2)10(5)18(6)13-11(9(3)4)12(17-14)15-7-16-13/h7-10H,14H2,1-6H3,(H,15,16,17). The molecule has 0 aromatic carbocycles. The summed E-state index contributed by atoms with van der Waals surface area (Å²) in [7, 11) is 2.07. The number of hydrogen-bond acceptors (Lipinski definition) is 5. The Kier molecular flexibility index (Phi) is 4.90. The van der Waals surface area contributed by atoms with Gasteiger partial charge in [-0.2, -0.15) is 0 Å². The third kappa shape index (κ3) is 2.90. The third-order valence-corrected chi connectivity index (χ3v) is 3.49. The third-order valence-electron chi connectivity index (χ3n) is 3.49. The van der Waals surface area contributed by atoms with Gasteiger partial charge in [0, 0.05) is 18.7 Å². The highest BCUT2D eigenvalue weighted by molar-refractivity contribution is 5.59. The van der Waals surface area contributed by atoms with Crippen LogP contribution in [0.5, 0.6) is 0 Å². The van der Waals surface area contributed by atoms with Crippen LogP contribution in [0.1, 0.15) is 46.1 Å². The predicted octanol–water partition coefficient (Wildman–Crippen LogP) is 2.37. The maximum atomic E-state index is 5.53. The number of nitrogens with zero attached hydrogens (tertiary/aromatic N) is 3. The molecule has 5 nitrogen and oxygen atoms in total. The fourth-order valence-electron chi connectivity index (χ4n) is 1.95. The van der Waals surface area contributed by atoms with Crippen LogP contribution in [0.25, 0.3) is 0 Å². The highest BCUT2D eigenvalue weighted by Crippen LogP contribution is 2.31. The first-order chi connectivity index (χ1) is 8.40. The summed E-state index contributed by atoms with van der Waals surface area (Å²) in [6.07, 6.45) is 1.56. The Bertz CT molecular complexity index is 389. The molecule has 1 heterocycles. The van der Waals surface area contributed by atoms with Crippen molar-refractivity contribution in [2.24, 2.45) is 11.8 Å². The van der Waals surface area contributed by atoms with Crippen LogP contribution in [-0.2, 0) is 0 Å². The maximum absolute atomic E-state index is 5.53. The Balaban J connectivity index is 3.23. The zero-order valence-corrected chi connectivity index (χ0v) is 12.2. The second kappa shape index (κ2) is 6.00. The van der Waals surface area contributed by atoms with Crippen molar-refractivity contribution in [2.75, 3.05) is 17.4 Å². The Morgan fingerprint density at radius 2 is 1.78 bits per heavy atom. The lowest BCUT2D eigenvalue weighted by molar-refractivity contribution is 0.501. The number of nitrogen functional groups attached to an aromatic ring is 1. The van der Waals surface area contributed by atoms with Crippen LogP contribution in [0.2, 0.25) is 0 Å². The average Bonchev–Trinajstić information content (AvgIpc) is 2.35. The van der Waals surface area contributed by atoms with E-state index in [4.69, 9.17) is 5.84 Å². The molecule has 0 aliphatic rings. The highest BCUT2D eigenvalue weighted by Gasteiger charge is 2.21. The first kappa shape index (κ1) is 14.7. The fraction of sp³-hybridized carbons (Fsp3) is 0.692. The SMILES string of the molecule is CC(C)c1c(NN)ncnc1N(C)C(C)C(C)C. The number of anilines is 2. The van der Waals surface area contributed by atoms with Crippen molar-refractivity contribution in [1.82, 2.24) is 9.97 Å². The summed E-state index contributed by atoms with van der Waals surface area (Å²) < 4.78 is 0. The lowest BCUT2D eigenvalue weighted by atomic mass is 10.0. The molecule has 0 radical (unpaired) electrons. The Morgan fingerprint density at radius 3 is 2.22 bits per heavy atom. The van der Waals surface area contributed by atoms with Crippen LogP contribution >= 0.6 is 0 Å². The van der Waals surface area contributed by atoms with Crippen LogP contribution in [-0.4, -0.2) is 23.1 Å². The van der Waals surface area contributed by atoms with Gasteiger partial charge in [0.05, 0.1) is 0 Å². The number of nitrogens with two attached hydrogens (primary N) is 1. The van der Waals surface area contributed by atoms with Crippen molar-refractivity contribution >= 4 is 11.6 Å². The maximum Gasteiger partial charge on any atom is 0.148 e. The minimum absolute atomic E-state index is 0.314. The van der Waals surface area contributed by atoms with E-state index < -0.39 is 0 Å². The topological polar surface area (TPSA) is 67.1 Å². The van der Waals surface area contributed by atoms with Crippen molar-refractivity contribution < 1.29 is 0 Å². The lowest BCUT2D eigenvalue weighted by Crippen LogP contribution is -2.35. The lowest BCUT2D eigenvalue weighted by Gasteiger charge is -2.31. The summed E-state index contributed by atoms with van der Waals surface area (Å²) in [6.45, 7) is 10.9. The molecule has 1 rings (SSSR count). The van der Waals surface area contributed by atoms with Gasteiger partial charge in [0.1, 0.15) is 18.0 Å². The van der Waals surface area contributed by atoms with Gasteiger partial charge in [0.2, 0.25) is 0 Å². The molecule has 0 aliphatic heterocycles. The largest absolute Gasteiger partial charge is 0.356 e. The Hall–Kier alpha value is -1.36. The molecular weight excluding hydrogens is 226 g/mol. The van der Waals surface area contributed by atoms with Crippen molar-refractivity contribution in [3.63, 3.8) is 0 Å². The van der Waals surface area contributed by atoms with E-state index in [0.717, 1.165) is 11.4 Å². The first-order valence-electron chi connectivity index (χ1n) is 6.44. The number of hydrogen-bond donors (Lipinski definition) is 2. The van der Waals surface area contributed by atoms with Crippen LogP contribution < -0.4 is 16.2 Å². The highest BCUT2D eigenvalue weighted by atomic mass is 15.3. The molecule has 0 saturated carbocycles. The zero-order valence-electron chi connectivity index (χ0n) is 12.2. The van der Waals surface area contributed by atoms with E-state index in [0.29, 0.717) is 23.7 Å². The molecule has 1 aromatic heterocycles. The average molecular weight is 251 g/mol. The van der Waals surface area contributed by atoms with Gasteiger partial charge in [0.25, 0.3) is 0 Å². The molecule has 0 fully saturated rings. The number of hydrazine groups is 1. The van der Waals surface area contributed by atoms with Gasteiger partial charge < -0.3 is 10.3 Å².